The minimum atomic E-state index is -0.311. The van der Waals surface area contributed by atoms with Crippen molar-refractivity contribution in [1.29, 1.82) is 0 Å². The van der Waals surface area contributed by atoms with Gasteiger partial charge in [0.2, 0.25) is 5.76 Å². The number of ether oxygens (including phenoxy) is 1. The smallest absolute Gasteiger partial charge is 0.292 e. The van der Waals surface area contributed by atoms with Crippen LogP contribution in [0.25, 0.3) is 0 Å². The number of carbonyl (C=O) groups is 1. The lowest BCUT2D eigenvalue weighted by Crippen LogP contribution is -2.21. The number of nitrogens with zero attached hydrogens (tertiary/aromatic N) is 1. The van der Waals surface area contributed by atoms with Crippen molar-refractivity contribution >= 4 is 27.5 Å². The highest BCUT2D eigenvalue weighted by molar-refractivity contribution is 9.10. The Bertz CT molecular complexity index is 712. The van der Waals surface area contributed by atoms with Gasteiger partial charge in [-0.25, -0.2) is 0 Å². The monoisotopic (exact) mass is 374 g/mol. The fourth-order valence-corrected chi connectivity index (χ4v) is 2.27. The fraction of sp³-hybridized carbons (Fsp3) is 0.167. The van der Waals surface area contributed by atoms with E-state index in [4.69, 9.17) is 4.74 Å². The quantitative estimate of drug-likeness (QED) is 0.630. The molecule has 0 atom stereocenters. The molecule has 23 heavy (non-hydrogen) atoms. The van der Waals surface area contributed by atoms with Gasteiger partial charge in [0, 0.05) is 24.8 Å². The Hall–Kier alpha value is -2.27. The molecule has 0 aliphatic carbocycles. The van der Waals surface area contributed by atoms with Gasteiger partial charge in [0.1, 0.15) is 5.75 Å². The van der Waals surface area contributed by atoms with E-state index in [1.165, 1.54) is 0 Å². The zero-order chi connectivity index (χ0) is 16.8. The Morgan fingerprint density at radius 3 is 2.48 bits per heavy atom. The van der Waals surface area contributed by atoms with Crippen LogP contribution in [0.5, 0.6) is 5.75 Å². The van der Waals surface area contributed by atoms with Crippen molar-refractivity contribution in [2.24, 2.45) is 0 Å². The molecule has 0 aliphatic heterocycles. The molecule has 0 aliphatic rings. The molecule has 5 heteroatoms. The lowest BCUT2D eigenvalue weighted by molar-refractivity contribution is -0.114. The highest BCUT2D eigenvalue weighted by Crippen LogP contribution is 2.26. The number of nitrogens with one attached hydrogen (secondary N) is 1. The van der Waals surface area contributed by atoms with Gasteiger partial charge in [-0.05, 0) is 46.6 Å². The maximum atomic E-state index is 12.6. The number of halogens is 1. The summed E-state index contributed by atoms with van der Waals surface area (Å²) in [4.78, 5) is 14.3. The molecule has 0 spiro atoms. The molecule has 1 N–H and O–H groups in total. The Labute approximate surface area is 144 Å². The van der Waals surface area contributed by atoms with Crippen molar-refractivity contribution in [3.8, 4) is 5.75 Å². The van der Waals surface area contributed by atoms with Crippen LogP contribution in [0.2, 0.25) is 0 Å². The van der Waals surface area contributed by atoms with E-state index >= 15 is 0 Å². The largest absolute Gasteiger partial charge is 0.450 e. The average molecular weight is 375 g/mol. The molecular formula is C18H19BrN2O2. The zero-order valence-corrected chi connectivity index (χ0v) is 14.9. The average Bonchev–Trinajstić information content (AvgIpc) is 2.52. The number of benzene rings is 2. The topological polar surface area (TPSA) is 41.6 Å². The maximum absolute atomic E-state index is 12.6. The summed E-state index contributed by atoms with van der Waals surface area (Å²) in [6.45, 7) is 1.97. The number of carbonyl (C=O) groups excluding carboxylic acids is 1. The molecule has 0 heterocycles. The van der Waals surface area contributed by atoms with Gasteiger partial charge in [-0.15, -0.1) is 0 Å². The van der Waals surface area contributed by atoms with Crippen LogP contribution in [-0.4, -0.2) is 24.9 Å². The van der Waals surface area contributed by atoms with Crippen molar-refractivity contribution in [3.63, 3.8) is 0 Å². The molecular weight excluding hydrogens is 356 g/mol. The summed E-state index contributed by atoms with van der Waals surface area (Å²) >= 11 is 3.49. The van der Waals surface area contributed by atoms with Crippen LogP contribution in [0.15, 0.2) is 65.0 Å². The molecule has 0 unspecified atom stereocenters. The third-order valence-corrected chi connectivity index (χ3v) is 4.06. The van der Waals surface area contributed by atoms with Gasteiger partial charge in [-0.1, -0.05) is 30.3 Å². The van der Waals surface area contributed by atoms with Gasteiger partial charge in [0.05, 0.1) is 5.69 Å². The first kappa shape index (κ1) is 17.1. The first-order chi connectivity index (χ1) is 11.0. The van der Waals surface area contributed by atoms with E-state index in [1.807, 2.05) is 57.4 Å². The predicted octanol–water partition coefficient (Wildman–Crippen LogP) is 4.18. The molecule has 0 bridgehead atoms. The van der Waals surface area contributed by atoms with Crippen LogP contribution < -0.4 is 10.1 Å². The van der Waals surface area contributed by atoms with Crippen LogP contribution in [0.3, 0.4) is 0 Å². The second-order valence-corrected chi connectivity index (χ2v) is 6.06. The van der Waals surface area contributed by atoms with Gasteiger partial charge in [-0.3, -0.25) is 4.79 Å². The highest BCUT2D eigenvalue weighted by atomic mass is 79.9. The molecule has 2 aromatic rings. The Morgan fingerprint density at radius 1 is 1.13 bits per heavy atom. The molecule has 1 amide bonds. The summed E-state index contributed by atoms with van der Waals surface area (Å²) in [6.07, 6.45) is 1.64. The van der Waals surface area contributed by atoms with Crippen LogP contribution in [-0.2, 0) is 4.79 Å². The molecule has 2 aromatic carbocycles. The standard InChI is InChI=1S/C18H19BrN2O2/c1-13-8-7-11-15(17(13)19)20-18(22)16(12-21(2)3)23-14-9-5-4-6-10-14/h4-12H,1-3H3,(H,20,22)/b16-12-. The summed E-state index contributed by atoms with van der Waals surface area (Å²) in [5.41, 5.74) is 1.75. The minimum Gasteiger partial charge on any atom is -0.450 e. The van der Waals surface area contributed by atoms with E-state index in [2.05, 4.69) is 21.2 Å². The molecule has 0 saturated carbocycles. The first-order valence-corrected chi connectivity index (χ1v) is 7.94. The molecule has 4 nitrogen and oxygen atoms in total. The van der Waals surface area contributed by atoms with E-state index in [9.17, 15) is 4.79 Å². The van der Waals surface area contributed by atoms with Crippen molar-refractivity contribution in [3.05, 3.63) is 70.5 Å². The van der Waals surface area contributed by atoms with Crippen LogP contribution in [0.4, 0.5) is 5.69 Å². The maximum Gasteiger partial charge on any atom is 0.292 e. The van der Waals surface area contributed by atoms with E-state index in [0.29, 0.717) is 11.4 Å². The minimum absolute atomic E-state index is 0.217. The summed E-state index contributed by atoms with van der Waals surface area (Å²) in [5, 5.41) is 2.87. The molecule has 120 valence electrons. The third kappa shape index (κ3) is 4.86. The number of rotatable bonds is 5. The number of aryl methyl sites for hydroxylation is 1. The molecule has 0 saturated heterocycles. The fourth-order valence-electron chi connectivity index (χ4n) is 1.91. The summed E-state index contributed by atoms with van der Waals surface area (Å²) in [5.74, 6) is 0.516. The Morgan fingerprint density at radius 2 is 1.83 bits per heavy atom. The van der Waals surface area contributed by atoms with E-state index < -0.39 is 0 Å². The normalized spacial score (nSPS) is 11.0. The number of para-hydroxylation sites is 1. The number of anilines is 1. The van der Waals surface area contributed by atoms with Crippen LogP contribution in [0.1, 0.15) is 5.56 Å². The van der Waals surface area contributed by atoms with Crippen LogP contribution >= 0.6 is 15.9 Å². The second-order valence-electron chi connectivity index (χ2n) is 5.26. The van der Waals surface area contributed by atoms with Gasteiger partial charge >= 0.3 is 0 Å². The second kappa shape index (κ2) is 7.83. The van der Waals surface area contributed by atoms with Gasteiger partial charge in [0.15, 0.2) is 0 Å². The predicted molar refractivity (Wildman–Crippen MR) is 96.3 cm³/mol. The van der Waals surface area contributed by atoms with Crippen molar-refractivity contribution in [2.45, 2.75) is 6.92 Å². The van der Waals surface area contributed by atoms with E-state index in [0.717, 1.165) is 10.0 Å². The molecule has 0 fully saturated rings. The Kier molecular flexibility index (Phi) is 5.82. The third-order valence-electron chi connectivity index (χ3n) is 3.01. The lowest BCUT2D eigenvalue weighted by atomic mass is 10.2. The SMILES string of the molecule is Cc1cccc(NC(=O)/C(=C/N(C)C)Oc2ccccc2)c1Br. The number of hydrogen-bond acceptors (Lipinski definition) is 3. The van der Waals surface area contributed by atoms with Gasteiger partial charge in [0.25, 0.3) is 5.91 Å². The van der Waals surface area contributed by atoms with Crippen molar-refractivity contribution in [2.75, 3.05) is 19.4 Å². The molecule has 0 radical (unpaired) electrons. The zero-order valence-electron chi connectivity index (χ0n) is 13.3. The summed E-state index contributed by atoms with van der Waals surface area (Å²) in [6, 6.07) is 14.9. The van der Waals surface area contributed by atoms with E-state index in [-0.39, 0.29) is 11.7 Å². The van der Waals surface area contributed by atoms with Crippen molar-refractivity contribution < 1.29 is 9.53 Å². The number of amides is 1. The number of hydrogen-bond donors (Lipinski definition) is 1. The highest BCUT2D eigenvalue weighted by Gasteiger charge is 2.15. The Balaban J connectivity index is 2.22. The lowest BCUT2D eigenvalue weighted by Gasteiger charge is -2.14. The first-order valence-electron chi connectivity index (χ1n) is 7.15. The molecule has 0 aromatic heterocycles. The van der Waals surface area contributed by atoms with Gasteiger partial charge in [-0.2, -0.15) is 0 Å². The van der Waals surface area contributed by atoms with Gasteiger partial charge < -0.3 is 15.0 Å². The van der Waals surface area contributed by atoms with E-state index in [1.54, 1.807) is 23.2 Å². The van der Waals surface area contributed by atoms with Crippen molar-refractivity contribution in [1.82, 2.24) is 4.90 Å². The molecule has 2 rings (SSSR count). The van der Waals surface area contributed by atoms with Crippen LogP contribution in [0, 0.1) is 6.92 Å². The summed E-state index contributed by atoms with van der Waals surface area (Å²) < 4.78 is 6.58. The summed E-state index contributed by atoms with van der Waals surface area (Å²) in [7, 11) is 3.68.